The normalized spacial score (nSPS) is 62.5. The lowest BCUT2D eigenvalue weighted by Crippen LogP contribution is -2.30. The molecule has 3 aliphatic rings. The van der Waals surface area contributed by atoms with Gasteiger partial charge in [0.05, 0.1) is 19.3 Å². The maximum atomic E-state index is 9.50. The fourth-order valence-electron chi connectivity index (χ4n) is 2.73. The van der Waals surface area contributed by atoms with Crippen molar-refractivity contribution < 1.29 is 14.6 Å². The minimum atomic E-state index is -0.387. The molecule has 3 heteroatoms. The molecule has 3 fully saturated rings. The maximum absolute atomic E-state index is 9.50. The van der Waals surface area contributed by atoms with Gasteiger partial charge in [0.25, 0.3) is 0 Å². The molecule has 0 radical (unpaired) electrons. The van der Waals surface area contributed by atoms with Gasteiger partial charge in [-0.2, -0.15) is 0 Å². The lowest BCUT2D eigenvalue weighted by molar-refractivity contribution is 0.0153. The summed E-state index contributed by atoms with van der Waals surface area (Å²) in [6.45, 7) is 3.49. The molecule has 1 saturated carbocycles. The minimum absolute atomic E-state index is 0.0325. The summed E-state index contributed by atoms with van der Waals surface area (Å²) in [6, 6.07) is 0. The van der Waals surface area contributed by atoms with E-state index >= 15 is 0 Å². The van der Waals surface area contributed by atoms with Crippen molar-refractivity contribution in [1.82, 2.24) is 0 Å². The van der Waals surface area contributed by atoms with Crippen molar-refractivity contribution in [2.45, 2.75) is 31.7 Å². The Morgan fingerprint density at radius 1 is 1.42 bits per heavy atom. The Bertz CT molecular complexity index is 218. The summed E-state index contributed by atoms with van der Waals surface area (Å²) in [5.41, 5.74) is 0.280. The summed E-state index contributed by atoms with van der Waals surface area (Å²) in [5, 5.41) is 9.50. The van der Waals surface area contributed by atoms with Gasteiger partial charge in [0.2, 0.25) is 0 Å². The number of aliphatic hydroxyl groups is 1. The topological polar surface area (TPSA) is 38.7 Å². The second kappa shape index (κ2) is 2.03. The Morgan fingerprint density at radius 3 is 2.83 bits per heavy atom. The smallest absolute Gasteiger partial charge is 0.112 e. The average Bonchev–Trinajstić information content (AvgIpc) is 2.45. The Morgan fingerprint density at radius 2 is 2.17 bits per heavy atom. The Kier molecular flexibility index (Phi) is 1.23. The molecule has 5 atom stereocenters. The number of hydrogen-bond donors (Lipinski definition) is 1. The minimum Gasteiger partial charge on any atom is -0.388 e. The van der Waals surface area contributed by atoms with Crippen molar-refractivity contribution in [3.8, 4) is 0 Å². The van der Waals surface area contributed by atoms with Gasteiger partial charge in [-0.15, -0.1) is 0 Å². The molecule has 0 bridgehead atoms. The summed E-state index contributed by atoms with van der Waals surface area (Å²) < 4.78 is 11.1. The van der Waals surface area contributed by atoms with Crippen molar-refractivity contribution in [3.63, 3.8) is 0 Å². The largest absolute Gasteiger partial charge is 0.388 e. The molecule has 0 amide bonds. The first-order chi connectivity index (χ1) is 5.74. The molecule has 3 nitrogen and oxygen atoms in total. The second-order valence-corrected chi connectivity index (χ2v) is 4.44. The van der Waals surface area contributed by atoms with E-state index in [1.165, 1.54) is 6.42 Å². The quantitative estimate of drug-likeness (QED) is 0.563. The van der Waals surface area contributed by atoms with E-state index in [9.17, 15) is 5.11 Å². The Balaban J connectivity index is 1.87. The molecule has 1 N–H and O–H groups in total. The summed E-state index contributed by atoms with van der Waals surface area (Å²) >= 11 is 0. The van der Waals surface area contributed by atoms with E-state index in [-0.39, 0.29) is 23.7 Å². The van der Waals surface area contributed by atoms with Crippen LogP contribution in [-0.2, 0) is 9.47 Å². The molecule has 1 aliphatic carbocycles. The molecule has 0 aromatic heterocycles. The van der Waals surface area contributed by atoms with Crippen LogP contribution in [0.3, 0.4) is 0 Å². The van der Waals surface area contributed by atoms with E-state index in [1.807, 2.05) is 0 Å². The van der Waals surface area contributed by atoms with Crippen LogP contribution < -0.4 is 0 Å². The van der Waals surface area contributed by atoms with Crippen LogP contribution in [0.2, 0.25) is 0 Å². The molecule has 2 unspecified atom stereocenters. The first kappa shape index (κ1) is 7.30. The Labute approximate surface area is 71.7 Å². The van der Waals surface area contributed by atoms with E-state index in [2.05, 4.69) is 6.92 Å². The van der Waals surface area contributed by atoms with Crippen LogP contribution in [-0.4, -0.2) is 36.6 Å². The molecule has 12 heavy (non-hydrogen) atoms. The summed E-state index contributed by atoms with van der Waals surface area (Å²) in [5.74, 6) is 0.720. The van der Waals surface area contributed by atoms with Crippen molar-refractivity contribution in [2.75, 3.05) is 13.2 Å². The molecular formula is C9H14O3. The highest BCUT2D eigenvalue weighted by Gasteiger charge is 2.66. The molecule has 2 saturated heterocycles. The van der Waals surface area contributed by atoms with Crippen LogP contribution in [0.15, 0.2) is 0 Å². The third-order valence-corrected chi connectivity index (χ3v) is 3.74. The van der Waals surface area contributed by atoms with Gasteiger partial charge in [-0.3, -0.25) is 0 Å². The van der Waals surface area contributed by atoms with Gasteiger partial charge < -0.3 is 14.6 Å². The third kappa shape index (κ3) is 0.679. The molecule has 0 aromatic rings. The predicted octanol–water partition coefficient (Wildman–Crippen LogP) is 0.171. The monoisotopic (exact) mass is 170 g/mol. The lowest BCUT2D eigenvalue weighted by atomic mass is 9.96. The van der Waals surface area contributed by atoms with Crippen LogP contribution in [0.5, 0.6) is 0 Å². The fourth-order valence-corrected chi connectivity index (χ4v) is 2.73. The van der Waals surface area contributed by atoms with Crippen LogP contribution in [0, 0.1) is 11.3 Å². The predicted molar refractivity (Wildman–Crippen MR) is 41.7 cm³/mol. The number of aliphatic hydroxyl groups excluding tert-OH is 1. The molecular weight excluding hydrogens is 156 g/mol. The van der Waals surface area contributed by atoms with Crippen molar-refractivity contribution in [3.05, 3.63) is 0 Å². The second-order valence-electron chi connectivity index (χ2n) is 4.44. The average molecular weight is 170 g/mol. The third-order valence-electron chi connectivity index (χ3n) is 3.74. The highest BCUT2D eigenvalue weighted by molar-refractivity contribution is 5.14. The molecule has 2 heterocycles. The highest BCUT2D eigenvalue weighted by atomic mass is 16.6. The zero-order chi connectivity index (χ0) is 8.34. The van der Waals surface area contributed by atoms with Gasteiger partial charge in [0, 0.05) is 5.41 Å². The summed E-state index contributed by atoms with van der Waals surface area (Å²) in [6.07, 6.45) is 0.973. The van der Waals surface area contributed by atoms with Crippen molar-refractivity contribution >= 4 is 0 Å². The van der Waals surface area contributed by atoms with Gasteiger partial charge in [-0.05, 0) is 12.3 Å². The maximum Gasteiger partial charge on any atom is 0.112 e. The fraction of sp³-hybridized carbons (Fsp3) is 1.00. The van der Waals surface area contributed by atoms with E-state index in [0.29, 0.717) is 6.61 Å². The first-order valence-corrected chi connectivity index (χ1v) is 4.65. The van der Waals surface area contributed by atoms with Gasteiger partial charge in [0.15, 0.2) is 0 Å². The van der Waals surface area contributed by atoms with Crippen LogP contribution >= 0.6 is 0 Å². The van der Waals surface area contributed by atoms with Crippen LogP contribution in [0.25, 0.3) is 0 Å². The Hall–Kier alpha value is -0.120. The first-order valence-electron chi connectivity index (χ1n) is 4.65. The van der Waals surface area contributed by atoms with Gasteiger partial charge in [0.1, 0.15) is 12.2 Å². The van der Waals surface area contributed by atoms with E-state index < -0.39 is 0 Å². The highest BCUT2D eigenvalue weighted by Crippen LogP contribution is 2.61. The number of fused-ring (bicyclic) bond motifs is 2. The molecule has 1 spiro atoms. The summed E-state index contributed by atoms with van der Waals surface area (Å²) in [7, 11) is 0. The van der Waals surface area contributed by atoms with Gasteiger partial charge in [-0.1, -0.05) is 6.92 Å². The molecule has 2 aliphatic heterocycles. The SMILES string of the molecule is CC1CC12CO[C@@H]1[C@H](O)CO[C@@H]12. The van der Waals surface area contributed by atoms with Crippen LogP contribution in [0.1, 0.15) is 13.3 Å². The van der Waals surface area contributed by atoms with Crippen molar-refractivity contribution in [2.24, 2.45) is 11.3 Å². The standard InChI is InChI=1S/C9H14O3/c1-5-2-9(5)4-12-7-6(10)3-11-8(7)9/h5-8,10H,2-4H2,1H3/t5?,6-,7-,8+,9?/m1/s1. The lowest BCUT2D eigenvalue weighted by Gasteiger charge is -2.14. The van der Waals surface area contributed by atoms with Gasteiger partial charge in [-0.25, -0.2) is 0 Å². The van der Waals surface area contributed by atoms with Crippen LogP contribution in [0.4, 0.5) is 0 Å². The molecule has 3 rings (SSSR count). The van der Waals surface area contributed by atoms with Crippen molar-refractivity contribution in [1.29, 1.82) is 0 Å². The zero-order valence-electron chi connectivity index (χ0n) is 7.19. The summed E-state index contributed by atoms with van der Waals surface area (Å²) in [4.78, 5) is 0. The number of hydrogen-bond acceptors (Lipinski definition) is 3. The number of ether oxygens (including phenoxy) is 2. The van der Waals surface area contributed by atoms with E-state index in [0.717, 1.165) is 12.5 Å². The number of rotatable bonds is 0. The zero-order valence-corrected chi connectivity index (χ0v) is 7.19. The molecule has 68 valence electrons. The molecule has 0 aromatic carbocycles. The van der Waals surface area contributed by atoms with E-state index in [4.69, 9.17) is 9.47 Å². The van der Waals surface area contributed by atoms with E-state index in [1.54, 1.807) is 0 Å². The van der Waals surface area contributed by atoms with Gasteiger partial charge >= 0.3 is 0 Å².